The van der Waals surface area contributed by atoms with Crippen LogP contribution in [0.25, 0.3) is 11.6 Å². The molecule has 2 aromatic rings. The third-order valence-electron chi connectivity index (χ3n) is 5.32. The Balaban J connectivity index is 2.29. The molecule has 3 rings (SSSR count). The van der Waals surface area contributed by atoms with Crippen LogP contribution in [0.1, 0.15) is 31.9 Å². The molecule has 0 bridgehead atoms. The van der Waals surface area contributed by atoms with Gasteiger partial charge in [0, 0.05) is 11.8 Å². The van der Waals surface area contributed by atoms with Crippen molar-refractivity contribution in [2.75, 3.05) is 6.26 Å². The summed E-state index contributed by atoms with van der Waals surface area (Å²) in [5.41, 5.74) is -1.20. The van der Waals surface area contributed by atoms with E-state index in [1.54, 1.807) is 63.3 Å². The van der Waals surface area contributed by atoms with Crippen molar-refractivity contribution < 1.29 is 18.0 Å². The summed E-state index contributed by atoms with van der Waals surface area (Å²) >= 11 is 0. The summed E-state index contributed by atoms with van der Waals surface area (Å²) in [6, 6.07) is 17.8. The van der Waals surface area contributed by atoms with E-state index >= 15 is 0 Å². The second kappa shape index (κ2) is 7.23. The monoisotopic (exact) mass is 408 g/mol. The molecule has 1 aliphatic rings. The number of carbonyl (C=O) groups is 2. The van der Waals surface area contributed by atoms with Crippen LogP contribution in [0, 0.1) is 10.8 Å². The zero-order chi connectivity index (χ0) is 21.4. The maximum absolute atomic E-state index is 13.8. The van der Waals surface area contributed by atoms with Gasteiger partial charge < -0.3 is 0 Å². The number of benzene rings is 2. The van der Waals surface area contributed by atoms with Crippen molar-refractivity contribution in [3.63, 3.8) is 0 Å². The van der Waals surface area contributed by atoms with Crippen molar-refractivity contribution in [3.05, 3.63) is 82.8 Å². The van der Waals surface area contributed by atoms with Gasteiger partial charge in [0.15, 0.2) is 21.4 Å². The average molecular weight is 409 g/mol. The van der Waals surface area contributed by atoms with E-state index < -0.39 is 37.1 Å². The number of allylic oxidation sites excluding steroid dienone is 3. The highest BCUT2D eigenvalue weighted by Gasteiger charge is 2.61. The van der Waals surface area contributed by atoms with E-state index in [9.17, 15) is 18.0 Å². The smallest absolute Gasteiger partial charge is 0.193 e. The second-order valence-electron chi connectivity index (χ2n) is 8.30. The predicted molar refractivity (Wildman–Crippen MR) is 116 cm³/mol. The molecule has 0 saturated heterocycles. The molecule has 0 amide bonds. The highest BCUT2D eigenvalue weighted by atomic mass is 32.2. The van der Waals surface area contributed by atoms with Crippen molar-refractivity contribution in [2.24, 2.45) is 10.8 Å². The summed E-state index contributed by atoms with van der Waals surface area (Å²) in [5.74, 6) is -1.14. The van der Waals surface area contributed by atoms with Gasteiger partial charge in [-0.25, -0.2) is 8.42 Å². The van der Waals surface area contributed by atoms with Gasteiger partial charge in [0.25, 0.3) is 0 Å². The summed E-state index contributed by atoms with van der Waals surface area (Å²) in [5, 5.41) is 0. The molecule has 1 aliphatic carbocycles. The Hall–Kier alpha value is -2.79. The molecule has 0 spiro atoms. The third-order valence-corrected chi connectivity index (χ3v) is 6.45. The Kier molecular flexibility index (Phi) is 5.22. The molecule has 1 unspecified atom stereocenters. The van der Waals surface area contributed by atoms with E-state index in [2.05, 4.69) is 0 Å². The Labute approximate surface area is 171 Å². The van der Waals surface area contributed by atoms with Crippen LogP contribution in [0.4, 0.5) is 0 Å². The highest BCUT2D eigenvalue weighted by Crippen LogP contribution is 2.53. The van der Waals surface area contributed by atoms with Crippen LogP contribution in [0.2, 0.25) is 0 Å². The van der Waals surface area contributed by atoms with Crippen molar-refractivity contribution in [3.8, 4) is 0 Å². The lowest BCUT2D eigenvalue weighted by Gasteiger charge is -2.37. The fourth-order valence-corrected chi connectivity index (χ4v) is 4.86. The summed E-state index contributed by atoms with van der Waals surface area (Å²) in [6.07, 6.45) is 4.28. The second-order valence-corrected chi connectivity index (χ2v) is 10.3. The van der Waals surface area contributed by atoms with E-state index in [4.69, 9.17) is 0 Å². The highest BCUT2D eigenvalue weighted by molar-refractivity contribution is 7.95. The number of carbonyl (C=O) groups excluding carboxylic acids is 2. The van der Waals surface area contributed by atoms with Crippen LogP contribution in [0.15, 0.2) is 71.6 Å². The molecule has 0 radical (unpaired) electrons. The zero-order valence-electron chi connectivity index (χ0n) is 17.0. The summed E-state index contributed by atoms with van der Waals surface area (Å²) in [6.45, 7) is 5.35. The first kappa shape index (κ1) is 20.9. The molecule has 2 aromatic carbocycles. The Morgan fingerprint density at radius 3 is 1.83 bits per heavy atom. The molecular formula is C24H24O4S. The van der Waals surface area contributed by atoms with Gasteiger partial charge in [-0.2, -0.15) is 0 Å². The van der Waals surface area contributed by atoms with Crippen molar-refractivity contribution in [1.82, 2.24) is 0 Å². The normalized spacial score (nSPS) is 20.7. The van der Waals surface area contributed by atoms with Gasteiger partial charge in [-0.15, -0.1) is 0 Å². The van der Waals surface area contributed by atoms with Gasteiger partial charge in [-0.1, -0.05) is 93.6 Å². The molecule has 29 heavy (non-hydrogen) atoms. The molecule has 150 valence electrons. The molecule has 0 saturated carbocycles. The van der Waals surface area contributed by atoms with Crippen LogP contribution >= 0.6 is 0 Å². The fourth-order valence-electron chi connectivity index (χ4n) is 3.78. The minimum Gasteiger partial charge on any atom is -0.293 e. The Morgan fingerprint density at radius 2 is 1.34 bits per heavy atom. The number of hydrogen-bond donors (Lipinski definition) is 0. The third kappa shape index (κ3) is 3.51. The number of sulfone groups is 1. The molecule has 0 aliphatic heterocycles. The molecule has 0 heterocycles. The SMILES string of the molecule is CC(C)(C)C1(/C=C/c2ccccc2)C(=O)C(c2ccccc2)=C(S(C)(=O)=O)C1=O. The zero-order valence-corrected chi connectivity index (χ0v) is 17.8. The van der Waals surface area contributed by atoms with Gasteiger partial charge in [-0.3, -0.25) is 9.59 Å². The maximum atomic E-state index is 13.8. The lowest BCUT2D eigenvalue weighted by Crippen LogP contribution is -2.45. The fraction of sp³-hybridized carbons (Fsp3) is 0.250. The molecule has 5 heteroatoms. The first-order chi connectivity index (χ1) is 13.5. The largest absolute Gasteiger partial charge is 0.293 e. The van der Waals surface area contributed by atoms with Crippen molar-refractivity contribution in [2.45, 2.75) is 20.8 Å². The van der Waals surface area contributed by atoms with E-state index in [0.717, 1.165) is 11.8 Å². The van der Waals surface area contributed by atoms with Crippen molar-refractivity contribution in [1.29, 1.82) is 0 Å². The van der Waals surface area contributed by atoms with Gasteiger partial charge in [0.05, 0.1) is 0 Å². The van der Waals surface area contributed by atoms with Crippen LogP contribution in [0.5, 0.6) is 0 Å². The minimum atomic E-state index is -3.92. The predicted octanol–water partition coefficient (Wildman–Crippen LogP) is 4.34. The number of hydrogen-bond acceptors (Lipinski definition) is 4. The van der Waals surface area contributed by atoms with E-state index in [1.165, 1.54) is 0 Å². The topological polar surface area (TPSA) is 68.3 Å². The standard InChI is InChI=1S/C24H24O4S/c1-23(2,3)24(16-15-17-11-7-5-8-12-17)21(25)19(18-13-9-6-10-14-18)20(22(24)26)29(4,27)28/h5-16H,1-4H3/b16-15+. The quantitative estimate of drug-likeness (QED) is 0.706. The molecule has 1 atom stereocenters. The van der Waals surface area contributed by atoms with Crippen LogP contribution < -0.4 is 0 Å². The van der Waals surface area contributed by atoms with E-state index in [1.807, 2.05) is 30.3 Å². The van der Waals surface area contributed by atoms with Gasteiger partial charge in [0.2, 0.25) is 0 Å². The molecule has 4 nitrogen and oxygen atoms in total. The molecule has 0 fully saturated rings. The minimum absolute atomic E-state index is 0.0225. The number of Topliss-reactive ketones (excluding diaryl/α,β-unsaturated/α-hetero) is 2. The number of ketones is 2. The first-order valence-electron chi connectivity index (χ1n) is 9.34. The van der Waals surface area contributed by atoms with Crippen LogP contribution in [-0.2, 0) is 19.4 Å². The van der Waals surface area contributed by atoms with Crippen LogP contribution in [0.3, 0.4) is 0 Å². The maximum Gasteiger partial charge on any atom is 0.193 e. The van der Waals surface area contributed by atoms with Crippen molar-refractivity contribution >= 4 is 33.1 Å². The van der Waals surface area contributed by atoms with Gasteiger partial charge in [0.1, 0.15) is 10.3 Å². The Bertz CT molecular complexity index is 1120. The molecular weight excluding hydrogens is 384 g/mol. The van der Waals surface area contributed by atoms with Gasteiger partial charge >= 0.3 is 0 Å². The molecule has 0 N–H and O–H groups in total. The molecule has 0 aromatic heterocycles. The summed E-state index contributed by atoms with van der Waals surface area (Å²) in [7, 11) is -3.92. The first-order valence-corrected chi connectivity index (χ1v) is 11.2. The summed E-state index contributed by atoms with van der Waals surface area (Å²) in [4.78, 5) is 27.0. The lowest BCUT2D eigenvalue weighted by atomic mass is 9.62. The summed E-state index contributed by atoms with van der Waals surface area (Å²) < 4.78 is 25.2. The van der Waals surface area contributed by atoms with Crippen LogP contribution in [-0.4, -0.2) is 26.2 Å². The van der Waals surface area contributed by atoms with Gasteiger partial charge in [-0.05, 0) is 16.5 Å². The lowest BCUT2D eigenvalue weighted by molar-refractivity contribution is -0.135. The number of rotatable bonds is 4. The van der Waals surface area contributed by atoms with E-state index in [0.29, 0.717) is 5.56 Å². The van der Waals surface area contributed by atoms with E-state index in [-0.39, 0.29) is 5.57 Å². The average Bonchev–Trinajstić information content (AvgIpc) is 2.89. The Morgan fingerprint density at radius 1 is 0.828 bits per heavy atom.